The minimum absolute atomic E-state index is 0.0392. The Balaban J connectivity index is 1.80. The maximum atomic E-state index is 13.2. The van der Waals surface area contributed by atoms with Gasteiger partial charge in [0.05, 0.1) is 0 Å². The first kappa shape index (κ1) is 17.5. The molecule has 3 heteroatoms. The maximum absolute atomic E-state index is 13.2. The zero-order valence-electron chi connectivity index (χ0n) is 15.4. The van der Waals surface area contributed by atoms with Crippen molar-refractivity contribution < 1.29 is 9.36 Å². The SMILES string of the molecule is Cc1cc(C)c(C(=O)C(C)(C)[P+](=O)CC2CC3C=CC2C3)c(C)c1. The van der Waals surface area contributed by atoms with Gasteiger partial charge in [-0.1, -0.05) is 34.4 Å². The summed E-state index contributed by atoms with van der Waals surface area (Å²) in [5.74, 6) is 1.81. The van der Waals surface area contributed by atoms with Crippen LogP contribution in [0.1, 0.15) is 53.7 Å². The number of ketones is 1. The third-order valence-corrected chi connectivity index (χ3v) is 8.15. The molecule has 1 aromatic rings. The quantitative estimate of drug-likeness (QED) is 0.395. The lowest BCUT2D eigenvalue weighted by atomic mass is 9.91. The average Bonchev–Trinajstić information content (AvgIpc) is 3.08. The Kier molecular flexibility index (Phi) is 4.55. The van der Waals surface area contributed by atoms with E-state index in [1.807, 2.05) is 46.8 Å². The van der Waals surface area contributed by atoms with Crippen LogP contribution in [0.3, 0.4) is 0 Å². The lowest BCUT2D eigenvalue weighted by molar-refractivity contribution is 0.0952. The highest BCUT2D eigenvalue weighted by Gasteiger charge is 2.50. The summed E-state index contributed by atoms with van der Waals surface area (Å²) in [7, 11) is -1.58. The molecule has 4 atom stereocenters. The molecule has 0 N–H and O–H groups in total. The molecular weight excluding hydrogens is 315 g/mol. The summed E-state index contributed by atoms with van der Waals surface area (Å²) in [5, 5.41) is -0.800. The van der Waals surface area contributed by atoms with Crippen LogP contribution in [0.5, 0.6) is 0 Å². The first-order chi connectivity index (χ1) is 11.2. The lowest BCUT2D eigenvalue weighted by Crippen LogP contribution is -2.31. The first-order valence-electron chi connectivity index (χ1n) is 8.96. The molecule has 2 nitrogen and oxygen atoms in total. The molecule has 4 unspecified atom stereocenters. The molecule has 1 saturated carbocycles. The average molecular weight is 343 g/mol. The van der Waals surface area contributed by atoms with E-state index in [1.54, 1.807) is 0 Å². The molecule has 0 saturated heterocycles. The summed E-state index contributed by atoms with van der Waals surface area (Å²) in [4.78, 5) is 13.2. The molecule has 2 aliphatic rings. The fraction of sp³-hybridized carbons (Fsp3) is 0.571. The Bertz CT molecular complexity index is 706. The van der Waals surface area contributed by atoms with Crippen molar-refractivity contribution in [3.63, 3.8) is 0 Å². The molecule has 0 spiro atoms. The van der Waals surface area contributed by atoms with Crippen molar-refractivity contribution in [2.24, 2.45) is 17.8 Å². The number of rotatable bonds is 5. The van der Waals surface area contributed by atoms with Crippen molar-refractivity contribution in [2.45, 2.75) is 52.6 Å². The Morgan fingerprint density at radius 2 is 1.75 bits per heavy atom. The van der Waals surface area contributed by atoms with E-state index >= 15 is 0 Å². The molecular formula is C21H28O2P+. The number of hydrogen-bond acceptors (Lipinski definition) is 2. The monoisotopic (exact) mass is 343 g/mol. The van der Waals surface area contributed by atoms with Crippen molar-refractivity contribution in [3.8, 4) is 0 Å². The van der Waals surface area contributed by atoms with Gasteiger partial charge in [-0.2, -0.15) is 0 Å². The third-order valence-electron chi connectivity index (χ3n) is 5.90. The van der Waals surface area contributed by atoms with Crippen LogP contribution in [0.4, 0.5) is 0 Å². The van der Waals surface area contributed by atoms with Gasteiger partial charge in [-0.05, 0) is 70.4 Å². The smallest absolute Gasteiger partial charge is 0.289 e. The van der Waals surface area contributed by atoms with Gasteiger partial charge in [0.2, 0.25) is 10.9 Å². The number of Topliss-reactive ketones (excluding diaryl/α,β-unsaturated/α-hetero) is 1. The van der Waals surface area contributed by atoms with Gasteiger partial charge in [-0.25, -0.2) is 0 Å². The summed E-state index contributed by atoms with van der Waals surface area (Å²) in [6, 6.07) is 4.09. The van der Waals surface area contributed by atoms with E-state index in [9.17, 15) is 9.36 Å². The molecule has 3 rings (SSSR count). The first-order valence-corrected chi connectivity index (χ1v) is 10.4. The Labute approximate surface area is 146 Å². The van der Waals surface area contributed by atoms with Gasteiger partial charge in [0.25, 0.3) is 0 Å². The second-order valence-electron chi connectivity index (χ2n) is 8.26. The van der Waals surface area contributed by atoms with Gasteiger partial charge in [0.1, 0.15) is 0 Å². The van der Waals surface area contributed by atoms with Gasteiger partial charge in [-0.3, -0.25) is 4.79 Å². The van der Waals surface area contributed by atoms with E-state index < -0.39 is 13.0 Å². The topological polar surface area (TPSA) is 34.1 Å². The highest BCUT2D eigenvalue weighted by molar-refractivity contribution is 7.48. The van der Waals surface area contributed by atoms with Crippen LogP contribution < -0.4 is 0 Å². The second kappa shape index (κ2) is 6.23. The molecule has 24 heavy (non-hydrogen) atoms. The zero-order valence-corrected chi connectivity index (χ0v) is 16.3. The van der Waals surface area contributed by atoms with Crippen molar-refractivity contribution in [1.82, 2.24) is 0 Å². The van der Waals surface area contributed by atoms with E-state index in [0.29, 0.717) is 23.9 Å². The molecule has 2 aliphatic carbocycles. The molecule has 0 aliphatic heterocycles. The van der Waals surface area contributed by atoms with Crippen molar-refractivity contribution in [3.05, 3.63) is 46.5 Å². The van der Waals surface area contributed by atoms with E-state index in [0.717, 1.165) is 28.7 Å². The number of benzene rings is 1. The second-order valence-corrected chi connectivity index (χ2v) is 10.5. The van der Waals surface area contributed by atoms with Gasteiger partial charge in [0, 0.05) is 11.5 Å². The number of hydrogen-bond donors (Lipinski definition) is 0. The maximum Gasteiger partial charge on any atom is 0.352 e. The number of aryl methyl sites for hydroxylation is 3. The van der Waals surface area contributed by atoms with Crippen LogP contribution in [-0.4, -0.2) is 17.1 Å². The lowest BCUT2D eigenvalue weighted by Gasteiger charge is -2.19. The van der Waals surface area contributed by atoms with Crippen LogP contribution in [0.25, 0.3) is 0 Å². The molecule has 0 amide bonds. The third kappa shape index (κ3) is 3.02. The van der Waals surface area contributed by atoms with E-state index in [4.69, 9.17) is 0 Å². The fourth-order valence-electron chi connectivity index (χ4n) is 4.50. The Morgan fingerprint density at radius 1 is 1.12 bits per heavy atom. The largest absolute Gasteiger partial charge is 0.352 e. The normalized spacial score (nSPS) is 26.0. The van der Waals surface area contributed by atoms with Gasteiger partial charge < -0.3 is 0 Å². The molecule has 0 heterocycles. The van der Waals surface area contributed by atoms with Crippen molar-refractivity contribution in [1.29, 1.82) is 0 Å². The number of allylic oxidation sites excluding steroid dienone is 2. The number of fused-ring (bicyclic) bond motifs is 2. The fourth-order valence-corrected chi connectivity index (χ4v) is 6.14. The van der Waals surface area contributed by atoms with Crippen LogP contribution >= 0.6 is 7.80 Å². The van der Waals surface area contributed by atoms with Crippen molar-refractivity contribution in [2.75, 3.05) is 6.16 Å². The summed E-state index contributed by atoms with van der Waals surface area (Å²) in [5.41, 5.74) is 3.92. The van der Waals surface area contributed by atoms with Crippen LogP contribution in [-0.2, 0) is 4.57 Å². The summed E-state index contributed by atoms with van der Waals surface area (Å²) in [6.45, 7) is 9.75. The van der Waals surface area contributed by atoms with Crippen LogP contribution in [0.15, 0.2) is 24.3 Å². The summed E-state index contributed by atoms with van der Waals surface area (Å²) >= 11 is 0. The van der Waals surface area contributed by atoms with Gasteiger partial charge in [-0.15, -0.1) is 0 Å². The predicted octanol–water partition coefficient (Wildman–Crippen LogP) is 5.61. The van der Waals surface area contributed by atoms with E-state index in [-0.39, 0.29) is 5.78 Å². The molecule has 128 valence electrons. The number of carbonyl (C=O) groups is 1. The Morgan fingerprint density at radius 3 is 2.25 bits per heavy atom. The van der Waals surface area contributed by atoms with Gasteiger partial charge >= 0.3 is 7.80 Å². The minimum atomic E-state index is -1.58. The summed E-state index contributed by atoms with van der Waals surface area (Å²) in [6.07, 6.45) is 7.66. The van der Waals surface area contributed by atoms with E-state index in [1.165, 1.54) is 6.42 Å². The molecule has 0 aromatic heterocycles. The van der Waals surface area contributed by atoms with Crippen molar-refractivity contribution >= 4 is 13.6 Å². The number of carbonyl (C=O) groups excluding carboxylic acids is 1. The highest BCUT2D eigenvalue weighted by Crippen LogP contribution is 2.51. The molecule has 0 radical (unpaired) electrons. The van der Waals surface area contributed by atoms with Crippen LogP contribution in [0.2, 0.25) is 0 Å². The van der Waals surface area contributed by atoms with Crippen LogP contribution in [0, 0.1) is 38.5 Å². The molecule has 2 bridgehead atoms. The summed E-state index contributed by atoms with van der Waals surface area (Å²) < 4.78 is 13.1. The Hall–Kier alpha value is -1.27. The molecule has 1 aromatic carbocycles. The molecule has 1 fully saturated rings. The highest BCUT2D eigenvalue weighted by atomic mass is 31.1. The van der Waals surface area contributed by atoms with Gasteiger partial charge in [0.15, 0.2) is 6.16 Å². The standard InChI is InChI=1S/C21H28O2P/c1-13-8-14(2)19(15(3)9-13)20(22)21(4,5)24(23)12-18-11-16-6-7-17(18)10-16/h6-9,16-18H,10-12H2,1-5H3/q+1. The zero-order chi connectivity index (χ0) is 17.6. The predicted molar refractivity (Wildman–Crippen MR) is 100 cm³/mol. The minimum Gasteiger partial charge on any atom is -0.289 e. The van der Waals surface area contributed by atoms with E-state index in [2.05, 4.69) is 12.2 Å².